The van der Waals surface area contributed by atoms with Crippen LogP contribution in [0.15, 0.2) is 479 Å². The molecule has 21 aromatic carbocycles. The third-order valence-electron chi connectivity index (χ3n) is 27.5. The van der Waals surface area contributed by atoms with Crippen LogP contribution in [0, 0.1) is 13.8 Å². The van der Waals surface area contributed by atoms with E-state index in [0.29, 0.717) is 0 Å². The van der Waals surface area contributed by atoms with Crippen molar-refractivity contribution in [1.29, 1.82) is 0 Å². The summed E-state index contributed by atoms with van der Waals surface area (Å²) in [6.45, 7) is 4.42. The minimum Gasteiger partial charge on any atom is -0.311 e. The Morgan fingerprint density at radius 3 is 0.944 bits per heavy atom. The molecule has 2 unspecified atom stereocenters. The van der Waals surface area contributed by atoms with Gasteiger partial charge in [0.15, 0.2) is 0 Å². The van der Waals surface area contributed by atoms with Gasteiger partial charge in [0.2, 0.25) is 0 Å². The average Bonchev–Trinajstić information content (AvgIpc) is 1.45. The smallest absolute Gasteiger partial charge is 0.0714 e. The average molecular weight is 1610 g/mol. The number of fused-ring (bicyclic) bond motifs is 9. The molecular formula is C123H85N3. The molecule has 2 atom stereocenters. The van der Waals surface area contributed by atoms with E-state index in [1.807, 2.05) is 0 Å². The first-order chi connectivity index (χ1) is 62.3. The van der Waals surface area contributed by atoms with E-state index in [-0.39, 0.29) is 0 Å². The van der Waals surface area contributed by atoms with E-state index in [1.54, 1.807) is 0 Å². The number of rotatable bonds is 17. The summed E-state index contributed by atoms with van der Waals surface area (Å²) in [6, 6.07) is 180. The molecule has 0 saturated carbocycles. The summed E-state index contributed by atoms with van der Waals surface area (Å²) in [5.41, 5.74) is 37.3. The quantitative estimate of drug-likeness (QED) is 0.0842. The number of nitrogens with zero attached hydrogens (tertiary/aromatic N) is 3. The molecule has 126 heavy (non-hydrogen) atoms. The summed E-state index contributed by atoms with van der Waals surface area (Å²) in [7, 11) is 0. The van der Waals surface area contributed by atoms with Crippen LogP contribution in [0.3, 0.4) is 0 Å². The predicted octanol–water partition coefficient (Wildman–Crippen LogP) is 32.0. The molecule has 0 spiro atoms. The summed E-state index contributed by atoms with van der Waals surface area (Å²) in [5.74, 6) is 0. The highest BCUT2D eigenvalue weighted by molar-refractivity contribution is 6.28. The largest absolute Gasteiger partial charge is 0.311 e. The maximum absolute atomic E-state index is 2.54. The number of benzene rings is 21. The summed E-state index contributed by atoms with van der Waals surface area (Å²) >= 11 is 0. The minimum atomic E-state index is -0.757. The molecule has 0 bridgehead atoms. The van der Waals surface area contributed by atoms with E-state index in [2.05, 4.69) is 508 Å². The van der Waals surface area contributed by atoms with Crippen molar-refractivity contribution in [2.24, 2.45) is 0 Å². The molecule has 0 amide bonds. The molecule has 0 fully saturated rings. The van der Waals surface area contributed by atoms with Crippen LogP contribution in [-0.2, 0) is 16.2 Å². The summed E-state index contributed by atoms with van der Waals surface area (Å²) in [4.78, 5) is 7.42. The Kier molecular flexibility index (Phi) is 17.4. The molecule has 0 saturated heterocycles. The SMILES string of the molecule is Cc1cccc(N(c2cccc(C3(c4ccccc4)c4ccccc4-c4ccccc43)c2)c2ccc3ccc4c(N(c5cccc(C)c5)c5cccc(C6(c7ccccc7)c7ccccc7-c7ccc(-c8ccc9c(c8)-c8ccccc8C9(c8ccccc8)c8ccc(N(c9ccccc9)c9ccc(-c%10ccccc%10)cc9)cc8)cc76)c5)ccc5ccc2c3c54)c1. The number of aryl methyl sites for hydroxylation is 2. The molecule has 24 rings (SSSR count). The maximum atomic E-state index is 2.54. The fourth-order valence-corrected chi connectivity index (χ4v) is 22.2. The van der Waals surface area contributed by atoms with Crippen molar-refractivity contribution in [2.45, 2.75) is 30.1 Å². The maximum Gasteiger partial charge on any atom is 0.0714 e. The molecule has 592 valence electrons. The van der Waals surface area contributed by atoms with Crippen molar-refractivity contribution in [3.05, 3.63) is 557 Å². The second-order valence-corrected chi connectivity index (χ2v) is 34.2. The lowest BCUT2D eigenvalue weighted by atomic mass is 9.67. The van der Waals surface area contributed by atoms with Gasteiger partial charge < -0.3 is 14.7 Å². The van der Waals surface area contributed by atoms with Gasteiger partial charge in [0.1, 0.15) is 0 Å². The fraction of sp³-hybridized carbons (Fsp3) is 0.0407. The van der Waals surface area contributed by atoms with Crippen molar-refractivity contribution in [1.82, 2.24) is 0 Å². The zero-order valence-corrected chi connectivity index (χ0v) is 70.0. The van der Waals surface area contributed by atoms with Gasteiger partial charge in [0.25, 0.3) is 0 Å². The van der Waals surface area contributed by atoms with E-state index < -0.39 is 16.2 Å². The Morgan fingerprint density at radius 2 is 0.476 bits per heavy atom. The highest BCUT2D eigenvalue weighted by atomic mass is 15.2. The minimum absolute atomic E-state index is 0.580. The summed E-state index contributed by atoms with van der Waals surface area (Å²) < 4.78 is 0. The Morgan fingerprint density at radius 1 is 0.167 bits per heavy atom. The Balaban J connectivity index is 0.643. The second kappa shape index (κ2) is 29.7. The van der Waals surface area contributed by atoms with Gasteiger partial charge in [0, 0.05) is 50.6 Å². The third kappa shape index (κ3) is 11.4. The van der Waals surface area contributed by atoms with Gasteiger partial charge in [-0.15, -0.1) is 0 Å². The van der Waals surface area contributed by atoms with Crippen molar-refractivity contribution in [3.63, 3.8) is 0 Å². The molecule has 0 aromatic heterocycles. The Hall–Kier alpha value is -15.9. The van der Waals surface area contributed by atoms with Gasteiger partial charge in [0.05, 0.1) is 27.6 Å². The van der Waals surface area contributed by atoms with Crippen LogP contribution < -0.4 is 14.7 Å². The van der Waals surface area contributed by atoms with Crippen LogP contribution in [0.5, 0.6) is 0 Å². The van der Waals surface area contributed by atoms with Gasteiger partial charge >= 0.3 is 0 Å². The standard InChI is InChI=1S/C123H85N3/c1-82-30-26-44-99(76-82)125(101-46-28-40-94(80-101)122(91-36-12-5-13-37-91)111-52-22-18-48-103(111)104-49-19-23-53-112(104)122)117-74-62-86-59-72-109-118(75-63-87-58-71-108(117)119(86)120(87)109)126(100-45-27-31-83(2)77-100)102-47-29-41-95(81-102)123(92-38-14-6-15-39-92)113-54-24-20-50-105(113)107-70-60-89(79-116(107)123)88-61-73-115-110(78-88)106-51-21-25-55-114(106)121(115,90-34-10-4-11-35-90)93-64-68-98(69-65-93)124(96-42-16-7-17-43-96)97-66-56-85(57-67-97)84-32-8-3-9-33-84/h3-81H,1-2H3. The lowest BCUT2D eigenvalue weighted by Crippen LogP contribution is -2.29. The van der Waals surface area contributed by atoms with Gasteiger partial charge in [-0.3, -0.25) is 0 Å². The van der Waals surface area contributed by atoms with E-state index in [4.69, 9.17) is 0 Å². The van der Waals surface area contributed by atoms with Gasteiger partial charge in [-0.25, -0.2) is 0 Å². The molecule has 0 radical (unpaired) electrons. The van der Waals surface area contributed by atoms with Crippen LogP contribution in [-0.4, -0.2) is 0 Å². The van der Waals surface area contributed by atoms with E-state index in [0.717, 1.165) is 62.3 Å². The zero-order chi connectivity index (χ0) is 83.6. The van der Waals surface area contributed by atoms with Crippen molar-refractivity contribution < 1.29 is 0 Å². The van der Waals surface area contributed by atoms with Gasteiger partial charge in [-0.2, -0.15) is 0 Å². The van der Waals surface area contributed by atoms with Crippen molar-refractivity contribution in [2.75, 3.05) is 14.7 Å². The first-order valence-electron chi connectivity index (χ1n) is 43.9. The first kappa shape index (κ1) is 73.9. The van der Waals surface area contributed by atoms with Crippen molar-refractivity contribution >= 4 is 83.5 Å². The highest BCUT2D eigenvalue weighted by Crippen LogP contribution is 2.62. The lowest BCUT2D eigenvalue weighted by Gasteiger charge is -2.36. The molecule has 3 aliphatic rings. The molecule has 0 N–H and O–H groups in total. The molecular weight excluding hydrogens is 1520 g/mol. The normalized spacial score (nSPS) is 14.9. The topological polar surface area (TPSA) is 9.72 Å². The fourth-order valence-electron chi connectivity index (χ4n) is 22.2. The molecule has 21 aromatic rings. The van der Waals surface area contributed by atoms with Crippen LogP contribution in [0.4, 0.5) is 51.2 Å². The second-order valence-electron chi connectivity index (χ2n) is 34.2. The van der Waals surface area contributed by atoms with Crippen LogP contribution in [0.25, 0.3) is 88.0 Å². The lowest BCUT2D eigenvalue weighted by molar-refractivity contribution is 0.768. The number of para-hydroxylation sites is 1. The molecule has 3 heteroatoms. The van der Waals surface area contributed by atoms with Crippen molar-refractivity contribution in [3.8, 4) is 55.6 Å². The Labute approximate surface area is 736 Å². The molecule has 3 nitrogen and oxygen atoms in total. The number of anilines is 9. The molecule has 3 aliphatic carbocycles. The number of hydrogen-bond acceptors (Lipinski definition) is 3. The molecule has 0 aliphatic heterocycles. The number of hydrogen-bond donors (Lipinski definition) is 0. The molecule has 0 heterocycles. The highest BCUT2D eigenvalue weighted by Gasteiger charge is 2.50. The van der Waals surface area contributed by atoms with Gasteiger partial charge in [-0.1, -0.05) is 370 Å². The van der Waals surface area contributed by atoms with E-state index in [9.17, 15) is 0 Å². The third-order valence-corrected chi connectivity index (χ3v) is 27.5. The van der Waals surface area contributed by atoms with Crippen LogP contribution in [0.1, 0.15) is 77.9 Å². The summed E-state index contributed by atoms with van der Waals surface area (Å²) in [6.07, 6.45) is 0. The monoisotopic (exact) mass is 1600 g/mol. The van der Waals surface area contributed by atoms with E-state index in [1.165, 1.54) is 155 Å². The Bertz CT molecular complexity index is 7750. The van der Waals surface area contributed by atoms with E-state index >= 15 is 0 Å². The van der Waals surface area contributed by atoms with Crippen LogP contribution >= 0.6 is 0 Å². The first-order valence-corrected chi connectivity index (χ1v) is 43.9. The van der Waals surface area contributed by atoms with Gasteiger partial charge in [-0.05, 0) is 278 Å². The zero-order valence-electron chi connectivity index (χ0n) is 70.0. The summed E-state index contributed by atoms with van der Waals surface area (Å²) in [5, 5.41) is 7.19. The van der Waals surface area contributed by atoms with Crippen LogP contribution in [0.2, 0.25) is 0 Å². The predicted molar refractivity (Wildman–Crippen MR) is 526 cm³/mol.